The van der Waals surface area contributed by atoms with E-state index in [0.717, 1.165) is 18.6 Å². The number of carbonyl (C=O) groups is 2. The van der Waals surface area contributed by atoms with Crippen LogP contribution in [0.4, 0.5) is 8.78 Å². The monoisotopic (exact) mass is 240 g/mol. The molecule has 0 aliphatic carbocycles. The molecule has 2 amide bonds. The van der Waals surface area contributed by atoms with Crippen LogP contribution in [-0.2, 0) is 0 Å². The van der Waals surface area contributed by atoms with Crippen LogP contribution in [0.1, 0.15) is 27.1 Å². The van der Waals surface area contributed by atoms with Crippen LogP contribution in [0, 0.1) is 11.6 Å². The third-order valence-electron chi connectivity index (χ3n) is 2.72. The second kappa shape index (κ2) is 4.12. The quantitative estimate of drug-likeness (QED) is 0.835. The van der Waals surface area contributed by atoms with E-state index in [9.17, 15) is 18.4 Å². The summed E-state index contributed by atoms with van der Waals surface area (Å²) < 4.78 is 26.6. The number of hydrogen-bond donors (Lipinski definition) is 1. The topological polar surface area (TPSA) is 63.4 Å². The zero-order chi connectivity index (χ0) is 12.6. The van der Waals surface area contributed by atoms with Gasteiger partial charge in [-0.3, -0.25) is 9.59 Å². The van der Waals surface area contributed by atoms with Crippen molar-refractivity contribution in [3.05, 3.63) is 34.9 Å². The van der Waals surface area contributed by atoms with E-state index in [4.69, 9.17) is 5.73 Å². The minimum Gasteiger partial charge on any atom is -0.366 e. The van der Waals surface area contributed by atoms with Crippen molar-refractivity contribution in [3.63, 3.8) is 0 Å². The number of likely N-dealkylation sites (tertiary alicyclic amines) is 1. The number of primary amides is 1. The maximum absolute atomic E-state index is 13.6. The molecular formula is C11H10F2N2O2. The zero-order valence-electron chi connectivity index (χ0n) is 8.87. The van der Waals surface area contributed by atoms with E-state index in [0.29, 0.717) is 13.1 Å². The smallest absolute Gasteiger partial charge is 0.257 e. The predicted octanol–water partition coefficient (Wildman–Crippen LogP) is 0.910. The largest absolute Gasteiger partial charge is 0.366 e. The van der Waals surface area contributed by atoms with Gasteiger partial charge in [0.15, 0.2) is 11.6 Å². The lowest BCUT2D eigenvalue weighted by atomic mass is 10.0. The van der Waals surface area contributed by atoms with Gasteiger partial charge < -0.3 is 10.6 Å². The Hall–Kier alpha value is -1.98. The van der Waals surface area contributed by atoms with Crippen molar-refractivity contribution in [2.45, 2.75) is 6.42 Å². The summed E-state index contributed by atoms with van der Waals surface area (Å²) in [5.74, 6) is -4.13. The first-order valence-electron chi connectivity index (χ1n) is 5.09. The number of carbonyl (C=O) groups excluding carboxylic acids is 2. The van der Waals surface area contributed by atoms with Gasteiger partial charge in [-0.15, -0.1) is 0 Å². The van der Waals surface area contributed by atoms with Gasteiger partial charge in [0.2, 0.25) is 5.91 Å². The van der Waals surface area contributed by atoms with Crippen molar-refractivity contribution in [1.82, 2.24) is 4.90 Å². The highest BCUT2D eigenvalue weighted by Gasteiger charge is 2.29. The van der Waals surface area contributed by atoms with E-state index in [-0.39, 0.29) is 5.56 Å². The Morgan fingerprint density at radius 3 is 2.35 bits per heavy atom. The third kappa shape index (κ3) is 1.86. The summed E-state index contributed by atoms with van der Waals surface area (Å²) in [6.07, 6.45) is 0.814. The maximum atomic E-state index is 13.6. The maximum Gasteiger partial charge on any atom is 0.257 e. The van der Waals surface area contributed by atoms with Gasteiger partial charge >= 0.3 is 0 Å². The van der Waals surface area contributed by atoms with Gasteiger partial charge in [0, 0.05) is 13.1 Å². The Morgan fingerprint density at radius 2 is 1.88 bits per heavy atom. The molecule has 4 nitrogen and oxygen atoms in total. The van der Waals surface area contributed by atoms with Crippen molar-refractivity contribution in [2.75, 3.05) is 13.1 Å². The molecule has 0 atom stereocenters. The number of halogens is 2. The lowest BCUT2D eigenvalue weighted by Crippen LogP contribution is -2.43. The van der Waals surface area contributed by atoms with Crippen molar-refractivity contribution in [2.24, 2.45) is 5.73 Å². The fourth-order valence-corrected chi connectivity index (χ4v) is 1.64. The van der Waals surface area contributed by atoms with E-state index in [1.54, 1.807) is 0 Å². The lowest BCUT2D eigenvalue weighted by molar-refractivity contribution is 0.0641. The zero-order valence-corrected chi connectivity index (χ0v) is 8.87. The Labute approximate surface area is 96.0 Å². The Balaban J connectivity index is 2.52. The van der Waals surface area contributed by atoms with Crippen LogP contribution >= 0.6 is 0 Å². The highest BCUT2D eigenvalue weighted by Crippen LogP contribution is 2.21. The molecule has 1 saturated heterocycles. The minimum atomic E-state index is -1.32. The fraction of sp³-hybridized carbons (Fsp3) is 0.273. The van der Waals surface area contributed by atoms with Crippen molar-refractivity contribution in [1.29, 1.82) is 0 Å². The first kappa shape index (κ1) is 11.5. The molecule has 1 aliphatic heterocycles. The van der Waals surface area contributed by atoms with Crippen molar-refractivity contribution < 1.29 is 18.4 Å². The van der Waals surface area contributed by atoms with Crippen LogP contribution in [-0.4, -0.2) is 29.8 Å². The molecule has 1 fully saturated rings. The molecule has 0 unspecified atom stereocenters. The van der Waals surface area contributed by atoms with Gasteiger partial charge in [0.1, 0.15) is 0 Å². The summed E-state index contributed by atoms with van der Waals surface area (Å²) >= 11 is 0. The molecule has 0 radical (unpaired) electrons. The standard InChI is InChI=1S/C11H10F2N2O2/c12-7-3-2-6(10(14)16)8(9(7)13)11(17)15-4-1-5-15/h2-3H,1,4-5H2,(H2,14,16). The highest BCUT2D eigenvalue weighted by atomic mass is 19.2. The third-order valence-corrected chi connectivity index (χ3v) is 2.72. The van der Waals surface area contributed by atoms with Gasteiger partial charge in [-0.2, -0.15) is 0 Å². The molecule has 0 spiro atoms. The normalized spacial score (nSPS) is 14.4. The number of benzene rings is 1. The van der Waals surface area contributed by atoms with E-state index in [2.05, 4.69) is 0 Å². The second-order valence-corrected chi connectivity index (χ2v) is 3.79. The van der Waals surface area contributed by atoms with Crippen LogP contribution in [0.5, 0.6) is 0 Å². The molecule has 1 heterocycles. The summed E-state index contributed by atoms with van der Waals surface area (Å²) in [7, 11) is 0. The number of nitrogens with two attached hydrogens (primary N) is 1. The summed E-state index contributed by atoms with van der Waals surface area (Å²) in [5, 5.41) is 0. The van der Waals surface area contributed by atoms with E-state index in [1.165, 1.54) is 4.90 Å². The molecule has 1 aliphatic rings. The van der Waals surface area contributed by atoms with Crippen LogP contribution in [0.3, 0.4) is 0 Å². The van der Waals surface area contributed by atoms with Crippen LogP contribution in [0.15, 0.2) is 12.1 Å². The SMILES string of the molecule is NC(=O)c1ccc(F)c(F)c1C(=O)N1CCC1. The minimum absolute atomic E-state index is 0.291. The van der Waals surface area contributed by atoms with E-state index >= 15 is 0 Å². The summed E-state index contributed by atoms with van der Waals surface area (Å²) in [6.45, 7) is 0.958. The molecule has 2 N–H and O–H groups in total. The van der Waals surface area contributed by atoms with Crippen molar-refractivity contribution >= 4 is 11.8 Å². The van der Waals surface area contributed by atoms with Gasteiger partial charge in [-0.05, 0) is 18.6 Å². The molecule has 2 rings (SSSR count). The van der Waals surface area contributed by atoms with Gasteiger partial charge in [-0.25, -0.2) is 8.78 Å². The summed E-state index contributed by atoms with van der Waals surface area (Å²) in [6, 6.07) is 1.80. The molecule has 17 heavy (non-hydrogen) atoms. The first-order chi connectivity index (χ1) is 8.02. The molecule has 0 aromatic heterocycles. The van der Waals surface area contributed by atoms with Gasteiger partial charge in [0.05, 0.1) is 11.1 Å². The van der Waals surface area contributed by atoms with Crippen molar-refractivity contribution in [3.8, 4) is 0 Å². The van der Waals surface area contributed by atoms with Gasteiger partial charge in [-0.1, -0.05) is 0 Å². The lowest BCUT2D eigenvalue weighted by Gasteiger charge is -2.31. The average Bonchev–Trinajstić information content (AvgIpc) is 2.18. The summed E-state index contributed by atoms with van der Waals surface area (Å²) in [4.78, 5) is 24.3. The fourth-order valence-electron chi connectivity index (χ4n) is 1.64. The number of hydrogen-bond acceptors (Lipinski definition) is 2. The summed E-state index contributed by atoms with van der Waals surface area (Å²) in [5.41, 5.74) is 4.17. The molecule has 0 bridgehead atoms. The van der Waals surface area contributed by atoms with E-state index in [1.807, 2.05) is 0 Å². The van der Waals surface area contributed by atoms with Crippen LogP contribution in [0.2, 0.25) is 0 Å². The molecule has 0 saturated carbocycles. The Kier molecular flexibility index (Phi) is 2.79. The number of nitrogens with zero attached hydrogens (tertiary/aromatic N) is 1. The van der Waals surface area contributed by atoms with Gasteiger partial charge in [0.25, 0.3) is 5.91 Å². The number of rotatable bonds is 2. The molecule has 1 aromatic rings. The Bertz CT molecular complexity index is 498. The molecular weight excluding hydrogens is 230 g/mol. The van der Waals surface area contributed by atoms with E-state index < -0.39 is 29.0 Å². The number of amides is 2. The molecule has 1 aromatic carbocycles. The first-order valence-corrected chi connectivity index (χ1v) is 5.09. The second-order valence-electron chi connectivity index (χ2n) is 3.79. The van der Waals surface area contributed by atoms with Crippen LogP contribution < -0.4 is 5.73 Å². The Morgan fingerprint density at radius 1 is 1.24 bits per heavy atom. The molecule has 90 valence electrons. The molecule has 6 heteroatoms. The highest BCUT2D eigenvalue weighted by molar-refractivity contribution is 6.07. The van der Waals surface area contributed by atoms with Crippen LogP contribution in [0.25, 0.3) is 0 Å². The average molecular weight is 240 g/mol. The predicted molar refractivity (Wildman–Crippen MR) is 55.4 cm³/mol.